The summed E-state index contributed by atoms with van der Waals surface area (Å²) in [6.45, 7) is 4.25. The number of likely N-dealkylation sites (N-methyl/N-ethyl adjacent to an activating group) is 1. The standard InChI is InChI=1S/C10H14N2O2/c1-3-11-9(13)7-12-6-4-5-8(2)10(12)14/h4-6H,3,7H2,1-2H3,(H,11,13). The molecule has 1 aromatic rings. The molecule has 1 amide bonds. The van der Waals surface area contributed by atoms with E-state index in [1.54, 1.807) is 25.3 Å². The van der Waals surface area contributed by atoms with E-state index < -0.39 is 0 Å². The molecule has 0 aromatic carbocycles. The van der Waals surface area contributed by atoms with Gasteiger partial charge in [-0.2, -0.15) is 0 Å². The van der Waals surface area contributed by atoms with Crippen LogP contribution in [0.25, 0.3) is 0 Å². The van der Waals surface area contributed by atoms with Crippen LogP contribution >= 0.6 is 0 Å². The van der Waals surface area contributed by atoms with Crippen molar-refractivity contribution in [1.29, 1.82) is 0 Å². The van der Waals surface area contributed by atoms with Gasteiger partial charge in [-0.1, -0.05) is 6.07 Å². The van der Waals surface area contributed by atoms with E-state index >= 15 is 0 Å². The van der Waals surface area contributed by atoms with E-state index in [-0.39, 0.29) is 18.0 Å². The number of carbonyl (C=O) groups is 1. The second-order valence-corrected chi connectivity index (χ2v) is 3.08. The van der Waals surface area contributed by atoms with Gasteiger partial charge >= 0.3 is 0 Å². The zero-order valence-electron chi connectivity index (χ0n) is 8.41. The molecule has 0 aliphatic rings. The molecule has 4 heteroatoms. The highest BCUT2D eigenvalue weighted by atomic mass is 16.2. The molecule has 0 unspecified atom stereocenters. The Bertz CT molecular complexity index is 382. The van der Waals surface area contributed by atoms with E-state index in [1.807, 2.05) is 6.92 Å². The maximum atomic E-state index is 11.5. The largest absolute Gasteiger partial charge is 0.355 e. The summed E-state index contributed by atoms with van der Waals surface area (Å²) >= 11 is 0. The highest BCUT2D eigenvalue weighted by Crippen LogP contribution is 1.88. The molecule has 1 aromatic heterocycles. The van der Waals surface area contributed by atoms with E-state index in [0.717, 1.165) is 0 Å². The lowest BCUT2D eigenvalue weighted by molar-refractivity contribution is -0.121. The minimum atomic E-state index is -0.139. The van der Waals surface area contributed by atoms with Gasteiger partial charge in [-0.3, -0.25) is 9.59 Å². The summed E-state index contributed by atoms with van der Waals surface area (Å²) in [6.07, 6.45) is 1.62. The van der Waals surface area contributed by atoms with Gasteiger partial charge in [-0.25, -0.2) is 0 Å². The molecule has 0 spiro atoms. The van der Waals surface area contributed by atoms with Gasteiger partial charge in [0.1, 0.15) is 6.54 Å². The fraction of sp³-hybridized carbons (Fsp3) is 0.400. The lowest BCUT2D eigenvalue weighted by Gasteiger charge is -2.05. The quantitative estimate of drug-likeness (QED) is 0.752. The molecule has 0 atom stereocenters. The number of rotatable bonds is 3. The minimum absolute atomic E-state index is 0.0916. The van der Waals surface area contributed by atoms with Crippen LogP contribution in [0.2, 0.25) is 0 Å². The summed E-state index contributed by atoms with van der Waals surface area (Å²) in [6, 6.07) is 3.49. The Kier molecular flexibility index (Phi) is 3.45. The zero-order chi connectivity index (χ0) is 10.6. The first-order valence-electron chi connectivity index (χ1n) is 4.58. The van der Waals surface area contributed by atoms with Crippen molar-refractivity contribution in [1.82, 2.24) is 9.88 Å². The summed E-state index contributed by atoms with van der Waals surface area (Å²) in [7, 11) is 0. The molecule has 4 nitrogen and oxygen atoms in total. The molecular weight excluding hydrogens is 180 g/mol. The Hall–Kier alpha value is -1.58. The van der Waals surface area contributed by atoms with E-state index in [4.69, 9.17) is 0 Å². The molecule has 0 aliphatic heterocycles. The predicted octanol–water partition coefficient (Wildman–Crippen LogP) is 0.293. The molecule has 0 radical (unpaired) electrons. The van der Waals surface area contributed by atoms with Crippen LogP contribution in [0.3, 0.4) is 0 Å². The number of aryl methyl sites for hydroxylation is 1. The van der Waals surface area contributed by atoms with Crippen LogP contribution < -0.4 is 10.9 Å². The van der Waals surface area contributed by atoms with Crippen molar-refractivity contribution in [2.24, 2.45) is 0 Å². The van der Waals surface area contributed by atoms with Crippen molar-refractivity contribution >= 4 is 5.91 Å². The molecule has 1 rings (SSSR count). The Morgan fingerprint density at radius 3 is 2.93 bits per heavy atom. The zero-order valence-corrected chi connectivity index (χ0v) is 8.41. The van der Waals surface area contributed by atoms with Gasteiger partial charge in [0.15, 0.2) is 0 Å². The number of carbonyl (C=O) groups excluding carboxylic acids is 1. The lowest BCUT2D eigenvalue weighted by Crippen LogP contribution is -2.32. The number of nitrogens with zero attached hydrogens (tertiary/aromatic N) is 1. The summed E-state index contributed by atoms with van der Waals surface area (Å²) < 4.78 is 1.40. The van der Waals surface area contributed by atoms with Crippen LogP contribution in [-0.4, -0.2) is 17.0 Å². The first kappa shape index (κ1) is 10.5. The maximum Gasteiger partial charge on any atom is 0.253 e. The second kappa shape index (κ2) is 4.60. The maximum absolute atomic E-state index is 11.5. The van der Waals surface area contributed by atoms with Gasteiger partial charge in [0.25, 0.3) is 5.56 Å². The van der Waals surface area contributed by atoms with Crippen molar-refractivity contribution < 1.29 is 4.79 Å². The summed E-state index contributed by atoms with van der Waals surface area (Å²) in [5.74, 6) is -0.139. The molecule has 0 saturated heterocycles. The molecule has 0 saturated carbocycles. The van der Waals surface area contributed by atoms with Gasteiger partial charge < -0.3 is 9.88 Å². The van der Waals surface area contributed by atoms with Crippen molar-refractivity contribution in [3.8, 4) is 0 Å². The number of pyridine rings is 1. The highest BCUT2D eigenvalue weighted by molar-refractivity contribution is 5.75. The van der Waals surface area contributed by atoms with Crippen molar-refractivity contribution in [3.63, 3.8) is 0 Å². The Morgan fingerprint density at radius 2 is 2.29 bits per heavy atom. The number of aromatic nitrogens is 1. The summed E-state index contributed by atoms with van der Waals surface area (Å²) in [4.78, 5) is 22.7. The molecular formula is C10H14N2O2. The molecule has 14 heavy (non-hydrogen) atoms. The first-order chi connectivity index (χ1) is 6.65. The van der Waals surface area contributed by atoms with Crippen molar-refractivity contribution in [2.45, 2.75) is 20.4 Å². The average molecular weight is 194 g/mol. The normalized spacial score (nSPS) is 9.86. The smallest absolute Gasteiger partial charge is 0.253 e. The van der Waals surface area contributed by atoms with Crippen LogP contribution in [-0.2, 0) is 11.3 Å². The topological polar surface area (TPSA) is 51.1 Å². The molecule has 1 heterocycles. The van der Waals surface area contributed by atoms with Gasteiger partial charge in [-0.05, 0) is 19.9 Å². The summed E-state index contributed by atoms with van der Waals surface area (Å²) in [5, 5.41) is 2.64. The molecule has 76 valence electrons. The van der Waals surface area contributed by atoms with Crippen LogP contribution in [0.5, 0.6) is 0 Å². The fourth-order valence-corrected chi connectivity index (χ4v) is 1.19. The predicted molar refractivity (Wildman–Crippen MR) is 54.1 cm³/mol. The monoisotopic (exact) mass is 194 g/mol. The van der Waals surface area contributed by atoms with Crippen LogP contribution in [0.1, 0.15) is 12.5 Å². The number of hydrogen-bond donors (Lipinski definition) is 1. The van der Waals surface area contributed by atoms with Crippen LogP contribution in [0, 0.1) is 6.92 Å². The van der Waals surface area contributed by atoms with Gasteiger partial charge in [0.05, 0.1) is 0 Å². The Balaban J connectivity index is 2.82. The molecule has 1 N–H and O–H groups in total. The number of hydrogen-bond acceptors (Lipinski definition) is 2. The van der Waals surface area contributed by atoms with Crippen molar-refractivity contribution in [2.75, 3.05) is 6.54 Å². The van der Waals surface area contributed by atoms with E-state index in [1.165, 1.54) is 4.57 Å². The molecule has 0 aliphatic carbocycles. The second-order valence-electron chi connectivity index (χ2n) is 3.08. The van der Waals surface area contributed by atoms with Crippen LogP contribution in [0.4, 0.5) is 0 Å². The first-order valence-corrected chi connectivity index (χ1v) is 4.58. The van der Waals surface area contributed by atoms with Crippen LogP contribution in [0.15, 0.2) is 23.1 Å². The highest BCUT2D eigenvalue weighted by Gasteiger charge is 2.03. The number of amides is 1. The lowest BCUT2D eigenvalue weighted by atomic mass is 10.3. The minimum Gasteiger partial charge on any atom is -0.355 e. The Morgan fingerprint density at radius 1 is 1.57 bits per heavy atom. The van der Waals surface area contributed by atoms with E-state index in [2.05, 4.69) is 5.32 Å². The van der Waals surface area contributed by atoms with Gasteiger partial charge in [-0.15, -0.1) is 0 Å². The summed E-state index contributed by atoms with van der Waals surface area (Å²) in [5.41, 5.74) is 0.538. The SMILES string of the molecule is CCNC(=O)Cn1cccc(C)c1=O. The molecule has 0 bridgehead atoms. The van der Waals surface area contributed by atoms with E-state index in [9.17, 15) is 9.59 Å². The third kappa shape index (κ3) is 2.45. The average Bonchev–Trinajstić information content (AvgIpc) is 2.13. The number of nitrogens with one attached hydrogen (secondary N) is 1. The van der Waals surface area contributed by atoms with Gasteiger partial charge in [0.2, 0.25) is 5.91 Å². The van der Waals surface area contributed by atoms with Crippen molar-refractivity contribution in [3.05, 3.63) is 34.2 Å². The third-order valence-corrected chi connectivity index (χ3v) is 1.90. The fourth-order valence-electron chi connectivity index (χ4n) is 1.19. The Labute approximate surface area is 82.6 Å². The third-order valence-electron chi connectivity index (χ3n) is 1.90. The van der Waals surface area contributed by atoms with E-state index in [0.29, 0.717) is 12.1 Å². The molecule has 0 fully saturated rings. The van der Waals surface area contributed by atoms with Gasteiger partial charge in [0, 0.05) is 18.3 Å².